The zero-order valence-corrected chi connectivity index (χ0v) is 23.9. The van der Waals surface area contributed by atoms with E-state index >= 15 is 0 Å². The molecule has 1 fully saturated rings. The highest BCUT2D eigenvalue weighted by atomic mass is 79.9. The molecule has 1 aromatic carbocycles. The van der Waals surface area contributed by atoms with Gasteiger partial charge in [0.25, 0.3) is 0 Å². The van der Waals surface area contributed by atoms with Crippen LogP contribution in [0.1, 0.15) is 45.1 Å². The lowest BCUT2D eigenvalue weighted by Gasteiger charge is -2.35. The van der Waals surface area contributed by atoms with E-state index in [1.165, 1.54) is 18.5 Å². The third kappa shape index (κ3) is 7.08. The summed E-state index contributed by atoms with van der Waals surface area (Å²) in [5.41, 5.74) is 0.822. The number of halogens is 2. The summed E-state index contributed by atoms with van der Waals surface area (Å²) in [4.78, 5) is 36.6. The van der Waals surface area contributed by atoms with Crippen LogP contribution < -0.4 is 5.32 Å². The average molecular weight is 607 g/mol. The van der Waals surface area contributed by atoms with Crippen LogP contribution in [0, 0.1) is 11.2 Å². The quantitative estimate of drug-likeness (QED) is 0.435. The van der Waals surface area contributed by atoms with Crippen molar-refractivity contribution < 1.29 is 28.2 Å². The van der Waals surface area contributed by atoms with Crippen molar-refractivity contribution in [3.8, 4) is 0 Å². The first kappa shape index (κ1) is 28.8. The summed E-state index contributed by atoms with van der Waals surface area (Å²) in [7, 11) is 0. The Morgan fingerprint density at radius 2 is 2.08 bits per heavy atom. The SMILES string of the molecule is CCOC(=O)C1=C(CN2CCO[C@@H](COC(=O)C(C)(C)C)C2)NC(c2nc[nH]n2)=NC1c1ccc(F)cc1Br. The highest BCUT2D eigenvalue weighted by molar-refractivity contribution is 9.10. The van der Waals surface area contributed by atoms with E-state index in [1.54, 1.807) is 33.8 Å². The lowest BCUT2D eigenvalue weighted by molar-refractivity contribution is -0.159. The predicted octanol–water partition coefficient (Wildman–Crippen LogP) is 2.90. The number of hydrogen-bond donors (Lipinski definition) is 2. The molecule has 13 heteroatoms. The molecule has 0 bridgehead atoms. The molecule has 39 heavy (non-hydrogen) atoms. The van der Waals surface area contributed by atoms with E-state index in [1.807, 2.05) is 0 Å². The molecule has 2 aliphatic heterocycles. The molecule has 1 saturated heterocycles. The molecule has 2 aromatic rings. The highest BCUT2D eigenvalue weighted by Crippen LogP contribution is 2.36. The number of benzene rings is 1. The van der Waals surface area contributed by atoms with Crippen LogP contribution >= 0.6 is 15.9 Å². The van der Waals surface area contributed by atoms with Crippen LogP contribution in [0.3, 0.4) is 0 Å². The third-order valence-corrected chi connectivity index (χ3v) is 6.81. The Bertz CT molecular complexity index is 1260. The van der Waals surface area contributed by atoms with Gasteiger partial charge in [-0.2, -0.15) is 5.10 Å². The maximum Gasteiger partial charge on any atom is 0.338 e. The van der Waals surface area contributed by atoms with Gasteiger partial charge in [0.1, 0.15) is 30.9 Å². The smallest absolute Gasteiger partial charge is 0.338 e. The zero-order chi connectivity index (χ0) is 28.2. The van der Waals surface area contributed by atoms with Crippen molar-refractivity contribution in [3.63, 3.8) is 0 Å². The summed E-state index contributed by atoms with van der Waals surface area (Å²) in [5.74, 6) is -0.601. The Labute approximate surface area is 234 Å². The van der Waals surface area contributed by atoms with Gasteiger partial charge in [0, 0.05) is 29.8 Å². The number of hydrogen-bond acceptors (Lipinski definition) is 10. The fourth-order valence-corrected chi connectivity index (χ4v) is 4.76. The Morgan fingerprint density at radius 3 is 2.74 bits per heavy atom. The Morgan fingerprint density at radius 1 is 1.28 bits per heavy atom. The van der Waals surface area contributed by atoms with Gasteiger partial charge in [-0.05, 0) is 45.4 Å². The van der Waals surface area contributed by atoms with Crippen molar-refractivity contribution >= 4 is 33.7 Å². The lowest BCUT2D eigenvalue weighted by atomic mass is 9.95. The summed E-state index contributed by atoms with van der Waals surface area (Å²) < 4.78 is 31.1. The van der Waals surface area contributed by atoms with Crippen LogP contribution in [0.2, 0.25) is 0 Å². The molecule has 210 valence electrons. The van der Waals surface area contributed by atoms with Crippen LogP contribution in [-0.2, 0) is 23.8 Å². The van der Waals surface area contributed by atoms with Crippen molar-refractivity contribution in [2.45, 2.75) is 39.8 Å². The molecular formula is C26H32BrFN6O5. The maximum atomic E-state index is 13.9. The van der Waals surface area contributed by atoms with Gasteiger partial charge in [-0.25, -0.2) is 14.2 Å². The van der Waals surface area contributed by atoms with Crippen molar-refractivity contribution in [2.24, 2.45) is 10.4 Å². The molecule has 0 aliphatic carbocycles. The number of amidine groups is 1. The number of aromatic nitrogens is 3. The van der Waals surface area contributed by atoms with Crippen molar-refractivity contribution in [2.75, 3.05) is 39.5 Å². The largest absolute Gasteiger partial charge is 0.463 e. The summed E-state index contributed by atoms with van der Waals surface area (Å²) >= 11 is 3.43. The van der Waals surface area contributed by atoms with Crippen LogP contribution in [0.25, 0.3) is 0 Å². The van der Waals surface area contributed by atoms with Gasteiger partial charge in [-0.15, -0.1) is 0 Å². The van der Waals surface area contributed by atoms with E-state index in [-0.39, 0.29) is 25.3 Å². The maximum absolute atomic E-state index is 13.9. The van der Waals surface area contributed by atoms with Crippen molar-refractivity contribution in [1.29, 1.82) is 0 Å². The van der Waals surface area contributed by atoms with Gasteiger partial charge in [0.15, 0.2) is 5.84 Å². The molecule has 11 nitrogen and oxygen atoms in total. The van der Waals surface area contributed by atoms with E-state index in [9.17, 15) is 14.0 Å². The summed E-state index contributed by atoms with van der Waals surface area (Å²) in [5, 5.41) is 10.1. The number of H-pyrrole nitrogens is 1. The monoisotopic (exact) mass is 606 g/mol. The Kier molecular flexibility index (Phi) is 9.13. The molecule has 2 atom stereocenters. The minimum absolute atomic E-state index is 0.124. The fraction of sp³-hybridized carbons (Fsp3) is 0.500. The summed E-state index contributed by atoms with van der Waals surface area (Å²) in [6, 6.07) is 3.42. The van der Waals surface area contributed by atoms with Gasteiger partial charge in [-0.3, -0.25) is 19.8 Å². The number of nitrogens with one attached hydrogen (secondary N) is 2. The standard InChI is InChI=1S/C26H32BrFN6O5/c1-5-37-24(35)20-19(12-34-8-9-38-16(11-34)13-39-25(36)26(2,3)4)31-23(22-29-14-30-33-22)32-21(20)17-7-6-15(28)10-18(17)27/h6-7,10,14,16,21H,5,8-9,11-13H2,1-4H3,(H,31,32)(H,29,30,33)/t16-,21?/m1/s1. The zero-order valence-electron chi connectivity index (χ0n) is 22.3. The van der Waals surface area contributed by atoms with E-state index in [4.69, 9.17) is 19.2 Å². The number of morpholine rings is 1. The van der Waals surface area contributed by atoms with Gasteiger partial charge < -0.3 is 19.5 Å². The van der Waals surface area contributed by atoms with E-state index in [0.717, 1.165) is 0 Å². The highest BCUT2D eigenvalue weighted by Gasteiger charge is 2.35. The van der Waals surface area contributed by atoms with Crippen molar-refractivity contribution in [3.05, 3.63) is 57.5 Å². The number of carbonyl (C=O) groups excluding carboxylic acids is 2. The minimum atomic E-state index is -0.812. The topological polar surface area (TPSA) is 131 Å². The lowest BCUT2D eigenvalue weighted by Crippen LogP contribution is -2.48. The van der Waals surface area contributed by atoms with Crippen LogP contribution in [0.5, 0.6) is 0 Å². The average Bonchev–Trinajstić information content (AvgIpc) is 3.42. The molecule has 0 radical (unpaired) electrons. The van der Waals surface area contributed by atoms with Gasteiger partial charge in [-0.1, -0.05) is 22.0 Å². The molecule has 2 aliphatic rings. The Balaban J connectivity index is 1.65. The van der Waals surface area contributed by atoms with E-state index in [0.29, 0.717) is 59.2 Å². The molecule has 4 rings (SSSR count). The first-order valence-electron chi connectivity index (χ1n) is 12.6. The van der Waals surface area contributed by atoms with Gasteiger partial charge >= 0.3 is 11.9 Å². The number of ether oxygens (including phenoxy) is 3. The first-order valence-corrected chi connectivity index (χ1v) is 13.4. The molecule has 0 amide bonds. The van der Waals surface area contributed by atoms with Crippen LogP contribution in [-0.4, -0.2) is 83.4 Å². The molecule has 0 saturated carbocycles. The second-order valence-corrected chi connectivity index (χ2v) is 11.0. The second kappa shape index (κ2) is 12.3. The second-order valence-electron chi connectivity index (χ2n) is 10.2. The van der Waals surface area contributed by atoms with Crippen LogP contribution in [0.15, 0.2) is 45.3 Å². The number of nitrogens with zero attached hydrogens (tertiary/aromatic N) is 4. The van der Waals surface area contributed by atoms with Gasteiger partial charge in [0.05, 0.1) is 24.2 Å². The third-order valence-electron chi connectivity index (χ3n) is 6.12. The van der Waals surface area contributed by atoms with Crippen LogP contribution in [0.4, 0.5) is 4.39 Å². The Hall–Kier alpha value is -3.16. The van der Waals surface area contributed by atoms with Crippen molar-refractivity contribution in [1.82, 2.24) is 25.4 Å². The molecule has 1 unspecified atom stereocenters. The molecular weight excluding hydrogens is 575 g/mol. The number of esters is 2. The minimum Gasteiger partial charge on any atom is -0.463 e. The predicted molar refractivity (Wildman–Crippen MR) is 143 cm³/mol. The number of carbonyl (C=O) groups is 2. The molecule has 0 spiro atoms. The molecule has 3 heterocycles. The molecule has 2 N–H and O–H groups in total. The first-order chi connectivity index (χ1) is 18.6. The van der Waals surface area contributed by atoms with Gasteiger partial charge in [0.2, 0.25) is 5.82 Å². The summed E-state index contributed by atoms with van der Waals surface area (Å²) in [6.07, 6.45) is 1.10. The normalized spacial score (nSPS) is 20.3. The van der Waals surface area contributed by atoms with E-state index < -0.39 is 23.2 Å². The number of rotatable bonds is 8. The number of aromatic amines is 1. The summed E-state index contributed by atoms with van der Waals surface area (Å²) in [6.45, 7) is 9.21. The van der Waals surface area contributed by atoms with E-state index in [2.05, 4.69) is 41.3 Å². The fourth-order valence-electron chi connectivity index (χ4n) is 4.19. The molecule has 1 aromatic heterocycles. The number of aliphatic imine (C=N–C) groups is 1.